The molecule has 0 radical (unpaired) electrons. The Morgan fingerprint density at radius 3 is 2.67 bits per heavy atom. The number of benzene rings is 1. The van der Waals surface area contributed by atoms with Crippen LogP contribution in [0.2, 0.25) is 0 Å². The number of hydrogen-bond acceptors (Lipinski definition) is 4. The van der Waals surface area contributed by atoms with Gasteiger partial charge in [-0.15, -0.1) is 0 Å². The lowest BCUT2D eigenvalue weighted by molar-refractivity contribution is -0.138. The number of amides is 2. The normalized spacial score (nSPS) is 23.7. The fourth-order valence-electron chi connectivity index (χ4n) is 3.91. The number of nitrogens with two attached hydrogens (primary N) is 1. The summed E-state index contributed by atoms with van der Waals surface area (Å²) in [5.41, 5.74) is 7.53. The van der Waals surface area contributed by atoms with Crippen LogP contribution in [0.3, 0.4) is 0 Å². The van der Waals surface area contributed by atoms with E-state index < -0.39 is 5.54 Å². The minimum Gasteiger partial charge on any atom is -0.496 e. The van der Waals surface area contributed by atoms with Crippen LogP contribution in [-0.2, 0) is 21.5 Å². The molecule has 1 aromatic rings. The smallest absolute Gasteiger partial charge is 0.247 e. The number of nitrogens with one attached hydrogen (secondary N) is 1. The van der Waals surface area contributed by atoms with Crippen molar-refractivity contribution in [1.29, 1.82) is 0 Å². The van der Waals surface area contributed by atoms with Crippen molar-refractivity contribution in [2.24, 2.45) is 5.73 Å². The monoisotopic (exact) mass is 331 g/mol. The topological polar surface area (TPSA) is 84.7 Å². The van der Waals surface area contributed by atoms with E-state index in [2.05, 4.69) is 5.32 Å². The lowest BCUT2D eigenvalue weighted by Gasteiger charge is -2.37. The Balaban J connectivity index is 1.74. The Labute approximate surface area is 142 Å². The quantitative estimate of drug-likeness (QED) is 0.863. The van der Waals surface area contributed by atoms with Gasteiger partial charge in [-0.25, -0.2) is 0 Å². The summed E-state index contributed by atoms with van der Waals surface area (Å²) in [6.45, 7) is 2.78. The Kier molecular flexibility index (Phi) is 4.49. The zero-order chi connectivity index (χ0) is 17.3. The van der Waals surface area contributed by atoms with Crippen molar-refractivity contribution in [3.8, 4) is 5.75 Å². The van der Waals surface area contributed by atoms with Crippen LogP contribution in [0.15, 0.2) is 18.2 Å². The second-order valence-corrected chi connectivity index (χ2v) is 6.72. The van der Waals surface area contributed by atoms with Gasteiger partial charge in [0.2, 0.25) is 11.8 Å². The van der Waals surface area contributed by atoms with E-state index >= 15 is 0 Å². The van der Waals surface area contributed by atoms with Crippen LogP contribution in [-0.4, -0.2) is 43.0 Å². The summed E-state index contributed by atoms with van der Waals surface area (Å²) < 4.78 is 5.41. The summed E-state index contributed by atoms with van der Waals surface area (Å²) in [6, 6.07) is 5.89. The second kappa shape index (κ2) is 6.43. The van der Waals surface area contributed by atoms with E-state index in [0.29, 0.717) is 19.5 Å². The van der Waals surface area contributed by atoms with Crippen LogP contribution in [0.1, 0.15) is 37.3 Å². The fraction of sp³-hybridized carbons (Fsp3) is 0.556. The number of piperidine rings is 1. The van der Waals surface area contributed by atoms with Crippen LogP contribution in [0.25, 0.3) is 0 Å². The molecule has 1 aliphatic carbocycles. The van der Waals surface area contributed by atoms with Crippen molar-refractivity contribution in [3.05, 3.63) is 29.3 Å². The molecule has 0 saturated carbocycles. The summed E-state index contributed by atoms with van der Waals surface area (Å²) in [5.74, 6) is 0.764. The molecule has 130 valence electrons. The number of likely N-dealkylation sites (tertiary alicyclic amines) is 1. The molecule has 3 N–H and O–H groups in total. The highest BCUT2D eigenvalue weighted by Crippen LogP contribution is 2.41. The van der Waals surface area contributed by atoms with E-state index in [9.17, 15) is 9.59 Å². The van der Waals surface area contributed by atoms with Gasteiger partial charge in [0.15, 0.2) is 0 Å². The van der Waals surface area contributed by atoms with Gasteiger partial charge >= 0.3 is 0 Å². The van der Waals surface area contributed by atoms with Crippen molar-refractivity contribution in [1.82, 2.24) is 10.2 Å². The van der Waals surface area contributed by atoms with E-state index in [4.69, 9.17) is 10.5 Å². The number of carbonyl (C=O) groups is 2. The van der Waals surface area contributed by atoms with Gasteiger partial charge in [-0.2, -0.15) is 0 Å². The molecule has 24 heavy (non-hydrogen) atoms. The molecule has 1 unspecified atom stereocenters. The van der Waals surface area contributed by atoms with Gasteiger partial charge in [-0.3, -0.25) is 9.59 Å². The number of fused-ring (bicyclic) bond motifs is 1. The molecule has 6 heteroatoms. The molecule has 3 rings (SSSR count). The van der Waals surface area contributed by atoms with Crippen LogP contribution < -0.4 is 15.8 Å². The van der Waals surface area contributed by atoms with Crippen molar-refractivity contribution >= 4 is 11.8 Å². The maximum absolute atomic E-state index is 13.1. The van der Waals surface area contributed by atoms with Crippen LogP contribution in [0, 0.1) is 0 Å². The highest BCUT2D eigenvalue weighted by molar-refractivity contribution is 5.89. The van der Waals surface area contributed by atoms with Gasteiger partial charge in [-0.05, 0) is 42.9 Å². The number of carbonyl (C=O) groups excluding carboxylic acids is 2. The molecule has 1 aromatic carbocycles. The first-order chi connectivity index (χ1) is 11.5. The molecule has 0 bridgehead atoms. The van der Waals surface area contributed by atoms with Crippen molar-refractivity contribution in [2.75, 3.05) is 20.2 Å². The molecule has 2 aliphatic rings. The predicted molar refractivity (Wildman–Crippen MR) is 90.6 cm³/mol. The summed E-state index contributed by atoms with van der Waals surface area (Å²) in [6.07, 6.45) is 2.90. The van der Waals surface area contributed by atoms with Crippen molar-refractivity contribution in [2.45, 2.75) is 44.2 Å². The highest BCUT2D eigenvalue weighted by atomic mass is 16.5. The molecule has 1 fully saturated rings. The third-order valence-corrected chi connectivity index (χ3v) is 5.17. The lowest BCUT2D eigenvalue weighted by atomic mass is 9.90. The molecule has 0 aromatic heterocycles. The van der Waals surface area contributed by atoms with E-state index in [1.165, 1.54) is 6.92 Å². The van der Waals surface area contributed by atoms with E-state index in [1.54, 1.807) is 7.11 Å². The number of ether oxygens (including phenoxy) is 1. The maximum atomic E-state index is 13.1. The average Bonchev–Trinajstić information content (AvgIpc) is 2.93. The molecular formula is C18H25N3O3. The number of methoxy groups -OCH3 is 1. The number of rotatable bonds is 3. The second-order valence-electron chi connectivity index (χ2n) is 6.72. The van der Waals surface area contributed by atoms with Gasteiger partial charge in [0, 0.05) is 26.1 Å². The first kappa shape index (κ1) is 16.8. The molecule has 2 amide bonds. The third-order valence-electron chi connectivity index (χ3n) is 5.17. The largest absolute Gasteiger partial charge is 0.496 e. The molecule has 1 heterocycles. The molecular weight excluding hydrogens is 306 g/mol. The Hall–Kier alpha value is -2.08. The van der Waals surface area contributed by atoms with E-state index in [-0.39, 0.29) is 17.9 Å². The number of nitrogens with zero attached hydrogens (tertiary/aromatic N) is 1. The van der Waals surface area contributed by atoms with Gasteiger partial charge < -0.3 is 20.7 Å². The number of hydrogen-bond donors (Lipinski definition) is 2. The standard InChI is InChI=1S/C18H25N3O3/c1-12(22)20-13-7-10-21(11-8-13)17(23)18(19)9-6-14-15(18)4-3-5-16(14)24-2/h3-5,13H,6-11,19H2,1-2H3,(H,20,22). The third kappa shape index (κ3) is 2.86. The summed E-state index contributed by atoms with van der Waals surface area (Å²) in [4.78, 5) is 26.1. The minimum atomic E-state index is -0.968. The van der Waals surface area contributed by atoms with Gasteiger partial charge in [-0.1, -0.05) is 12.1 Å². The van der Waals surface area contributed by atoms with Crippen LogP contribution >= 0.6 is 0 Å². The Morgan fingerprint density at radius 2 is 2.04 bits per heavy atom. The molecule has 1 aliphatic heterocycles. The zero-order valence-corrected chi connectivity index (χ0v) is 14.3. The fourth-order valence-corrected chi connectivity index (χ4v) is 3.91. The van der Waals surface area contributed by atoms with E-state index in [0.717, 1.165) is 36.1 Å². The summed E-state index contributed by atoms with van der Waals surface area (Å²) in [7, 11) is 1.64. The lowest BCUT2D eigenvalue weighted by Crippen LogP contribution is -2.55. The molecule has 0 spiro atoms. The molecule has 6 nitrogen and oxygen atoms in total. The molecule has 1 saturated heterocycles. The Morgan fingerprint density at radius 1 is 1.33 bits per heavy atom. The van der Waals surface area contributed by atoms with Crippen molar-refractivity contribution < 1.29 is 14.3 Å². The van der Waals surface area contributed by atoms with E-state index in [1.807, 2.05) is 23.1 Å². The first-order valence-corrected chi connectivity index (χ1v) is 8.47. The molecule has 1 atom stereocenters. The van der Waals surface area contributed by atoms with Gasteiger partial charge in [0.05, 0.1) is 7.11 Å². The van der Waals surface area contributed by atoms with Crippen LogP contribution in [0.4, 0.5) is 0 Å². The van der Waals surface area contributed by atoms with Crippen LogP contribution in [0.5, 0.6) is 5.75 Å². The summed E-state index contributed by atoms with van der Waals surface area (Å²) >= 11 is 0. The first-order valence-electron chi connectivity index (χ1n) is 8.47. The Bertz CT molecular complexity index is 653. The minimum absolute atomic E-state index is 0.0178. The highest BCUT2D eigenvalue weighted by Gasteiger charge is 2.45. The predicted octanol–water partition coefficient (Wildman–Crippen LogP) is 0.922. The zero-order valence-electron chi connectivity index (χ0n) is 14.3. The summed E-state index contributed by atoms with van der Waals surface area (Å²) in [5, 5.41) is 2.93. The SMILES string of the molecule is COc1cccc2c1CCC2(N)C(=O)N1CCC(NC(C)=O)CC1. The average molecular weight is 331 g/mol. The van der Waals surface area contributed by atoms with Gasteiger partial charge in [0.25, 0.3) is 0 Å². The maximum Gasteiger partial charge on any atom is 0.247 e. The van der Waals surface area contributed by atoms with Gasteiger partial charge in [0.1, 0.15) is 11.3 Å². The van der Waals surface area contributed by atoms with Crippen molar-refractivity contribution in [3.63, 3.8) is 0 Å².